The summed E-state index contributed by atoms with van der Waals surface area (Å²) >= 11 is 1.68. The lowest BCUT2D eigenvalue weighted by atomic mass is 10.2. The highest BCUT2D eigenvalue weighted by Gasteiger charge is 2.10. The van der Waals surface area contributed by atoms with E-state index >= 15 is 0 Å². The molecule has 3 nitrogen and oxygen atoms in total. The van der Waals surface area contributed by atoms with Crippen molar-refractivity contribution in [2.75, 3.05) is 6.54 Å². The van der Waals surface area contributed by atoms with Crippen molar-refractivity contribution in [3.8, 4) is 10.6 Å². The maximum absolute atomic E-state index is 5.56. The molecule has 2 heterocycles. The van der Waals surface area contributed by atoms with Gasteiger partial charge in [-0.05, 0) is 25.6 Å². The van der Waals surface area contributed by atoms with Crippen LogP contribution < -0.4 is 5.73 Å². The predicted octanol–water partition coefficient (Wildman–Crippen LogP) is 2.01. The van der Waals surface area contributed by atoms with Gasteiger partial charge in [-0.15, -0.1) is 11.3 Å². The molecule has 0 fully saturated rings. The van der Waals surface area contributed by atoms with Gasteiger partial charge >= 0.3 is 0 Å². The summed E-state index contributed by atoms with van der Waals surface area (Å²) in [6.07, 6.45) is 2.62. The molecule has 0 aromatic carbocycles. The van der Waals surface area contributed by atoms with E-state index in [2.05, 4.69) is 9.97 Å². The number of rotatable bonds is 3. The number of aromatic nitrogens is 2. The maximum Gasteiger partial charge on any atom is 0.0904 e. The Morgan fingerprint density at radius 1 is 1.40 bits per heavy atom. The smallest absolute Gasteiger partial charge is 0.0904 e. The number of nitrogens with zero attached hydrogens (tertiary/aromatic N) is 2. The second kappa shape index (κ2) is 4.51. The summed E-state index contributed by atoms with van der Waals surface area (Å²) in [6, 6.07) is 5.91. The second-order valence-electron chi connectivity index (χ2n) is 3.26. The first-order chi connectivity index (χ1) is 7.31. The van der Waals surface area contributed by atoms with E-state index < -0.39 is 0 Å². The third-order valence-corrected chi connectivity index (χ3v) is 3.12. The molecule has 2 N–H and O–H groups in total. The Balaban J connectivity index is 2.43. The van der Waals surface area contributed by atoms with Crippen molar-refractivity contribution in [3.05, 3.63) is 35.1 Å². The van der Waals surface area contributed by atoms with Crippen molar-refractivity contribution in [3.63, 3.8) is 0 Å². The van der Waals surface area contributed by atoms with Crippen LogP contribution in [0.4, 0.5) is 0 Å². The van der Waals surface area contributed by atoms with Crippen LogP contribution in [-0.2, 0) is 6.42 Å². The highest BCUT2D eigenvalue weighted by atomic mass is 32.1. The van der Waals surface area contributed by atoms with Crippen molar-refractivity contribution in [2.24, 2.45) is 5.73 Å². The van der Waals surface area contributed by atoms with E-state index in [1.807, 2.05) is 25.1 Å². The zero-order valence-electron chi connectivity index (χ0n) is 8.60. The lowest BCUT2D eigenvalue weighted by Crippen LogP contribution is -2.04. The van der Waals surface area contributed by atoms with Gasteiger partial charge in [-0.3, -0.25) is 4.98 Å². The number of hydrogen-bond donors (Lipinski definition) is 1. The van der Waals surface area contributed by atoms with E-state index in [0.717, 1.165) is 27.7 Å². The fourth-order valence-electron chi connectivity index (χ4n) is 1.47. The van der Waals surface area contributed by atoms with Crippen LogP contribution in [0.5, 0.6) is 0 Å². The molecule has 0 saturated heterocycles. The van der Waals surface area contributed by atoms with E-state index in [-0.39, 0.29) is 0 Å². The van der Waals surface area contributed by atoms with Crippen molar-refractivity contribution >= 4 is 11.3 Å². The largest absolute Gasteiger partial charge is 0.330 e. The van der Waals surface area contributed by atoms with E-state index in [1.54, 1.807) is 17.5 Å². The van der Waals surface area contributed by atoms with Crippen molar-refractivity contribution in [2.45, 2.75) is 13.3 Å². The molecule has 0 saturated carbocycles. The average Bonchev–Trinajstić information content (AvgIpc) is 2.62. The van der Waals surface area contributed by atoms with Gasteiger partial charge in [0.05, 0.1) is 21.3 Å². The van der Waals surface area contributed by atoms with Gasteiger partial charge in [0.15, 0.2) is 0 Å². The molecule has 78 valence electrons. The molecule has 0 spiro atoms. The van der Waals surface area contributed by atoms with Gasteiger partial charge in [-0.25, -0.2) is 4.98 Å². The van der Waals surface area contributed by atoms with Gasteiger partial charge in [0.2, 0.25) is 0 Å². The number of thiazole rings is 1. The van der Waals surface area contributed by atoms with Gasteiger partial charge in [0.1, 0.15) is 0 Å². The van der Waals surface area contributed by atoms with Crippen LogP contribution in [-0.4, -0.2) is 16.5 Å². The first-order valence-electron chi connectivity index (χ1n) is 4.89. The van der Waals surface area contributed by atoms with Crippen LogP contribution in [0.1, 0.15) is 10.7 Å². The molecule has 2 rings (SSSR count). The summed E-state index contributed by atoms with van der Waals surface area (Å²) in [5.41, 5.74) is 7.62. The third-order valence-electron chi connectivity index (χ3n) is 2.08. The molecule has 0 aliphatic carbocycles. The van der Waals surface area contributed by atoms with Gasteiger partial charge in [-0.2, -0.15) is 0 Å². The lowest BCUT2D eigenvalue weighted by Gasteiger charge is -1.99. The van der Waals surface area contributed by atoms with Gasteiger partial charge in [0.25, 0.3) is 0 Å². The Hall–Kier alpha value is -1.26. The van der Waals surface area contributed by atoms with Crippen LogP contribution in [0.25, 0.3) is 10.6 Å². The van der Waals surface area contributed by atoms with Crippen LogP contribution in [0.3, 0.4) is 0 Å². The minimum atomic E-state index is 0.628. The molecule has 0 bridgehead atoms. The Kier molecular flexibility index (Phi) is 3.08. The molecule has 0 atom stereocenters. The molecule has 15 heavy (non-hydrogen) atoms. The Labute approximate surface area is 93.0 Å². The minimum absolute atomic E-state index is 0.628. The number of aryl methyl sites for hydroxylation is 1. The fourth-order valence-corrected chi connectivity index (χ4v) is 2.42. The van der Waals surface area contributed by atoms with Crippen LogP contribution in [0.2, 0.25) is 0 Å². The summed E-state index contributed by atoms with van der Waals surface area (Å²) in [6.45, 7) is 2.64. The highest BCUT2D eigenvalue weighted by Crippen LogP contribution is 2.28. The quantitative estimate of drug-likeness (QED) is 0.859. The van der Waals surface area contributed by atoms with Gasteiger partial charge < -0.3 is 5.73 Å². The molecular formula is C11H13N3S. The molecule has 2 aromatic heterocycles. The molecule has 0 radical (unpaired) electrons. The maximum atomic E-state index is 5.56. The Bertz CT molecular complexity index is 436. The van der Waals surface area contributed by atoms with Crippen LogP contribution >= 0.6 is 11.3 Å². The molecule has 0 aliphatic rings. The summed E-state index contributed by atoms with van der Waals surface area (Å²) in [4.78, 5) is 9.96. The predicted molar refractivity (Wildman–Crippen MR) is 62.8 cm³/mol. The lowest BCUT2D eigenvalue weighted by molar-refractivity contribution is 0.930. The molecular weight excluding hydrogens is 206 g/mol. The van der Waals surface area contributed by atoms with E-state index in [9.17, 15) is 0 Å². The normalized spacial score (nSPS) is 10.5. The van der Waals surface area contributed by atoms with Crippen LogP contribution in [0.15, 0.2) is 24.4 Å². The topological polar surface area (TPSA) is 51.8 Å². The van der Waals surface area contributed by atoms with Gasteiger partial charge in [0, 0.05) is 12.6 Å². The molecule has 4 heteroatoms. The Morgan fingerprint density at radius 2 is 2.27 bits per heavy atom. The number of hydrogen-bond acceptors (Lipinski definition) is 4. The molecule has 2 aromatic rings. The first kappa shape index (κ1) is 10.3. The standard InChI is InChI=1S/C11H13N3S/c1-8-14-10(5-6-12)11(15-8)9-4-2-3-7-13-9/h2-4,7H,5-6,12H2,1H3. The van der Waals surface area contributed by atoms with Crippen molar-refractivity contribution in [1.29, 1.82) is 0 Å². The minimum Gasteiger partial charge on any atom is -0.330 e. The van der Waals surface area contributed by atoms with Crippen LogP contribution in [0, 0.1) is 6.92 Å². The van der Waals surface area contributed by atoms with E-state index in [1.165, 1.54) is 0 Å². The second-order valence-corrected chi connectivity index (χ2v) is 4.47. The highest BCUT2D eigenvalue weighted by molar-refractivity contribution is 7.15. The molecule has 0 aliphatic heterocycles. The summed E-state index contributed by atoms with van der Waals surface area (Å²) in [5, 5.41) is 1.07. The zero-order valence-corrected chi connectivity index (χ0v) is 9.42. The fraction of sp³-hybridized carbons (Fsp3) is 0.273. The summed E-state index contributed by atoms with van der Waals surface area (Å²) < 4.78 is 0. The third kappa shape index (κ3) is 2.22. The zero-order chi connectivity index (χ0) is 10.7. The SMILES string of the molecule is Cc1nc(CCN)c(-c2ccccn2)s1. The van der Waals surface area contributed by atoms with Crippen molar-refractivity contribution in [1.82, 2.24) is 9.97 Å². The Morgan fingerprint density at radius 3 is 2.93 bits per heavy atom. The molecule has 0 amide bonds. The first-order valence-corrected chi connectivity index (χ1v) is 5.70. The number of nitrogens with two attached hydrogens (primary N) is 1. The van der Waals surface area contributed by atoms with Gasteiger partial charge in [-0.1, -0.05) is 6.07 Å². The number of pyridine rings is 1. The monoisotopic (exact) mass is 219 g/mol. The van der Waals surface area contributed by atoms with Crippen molar-refractivity contribution < 1.29 is 0 Å². The average molecular weight is 219 g/mol. The summed E-state index contributed by atoms with van der Waals surface area (Å²) in [7, 11) is 0. The molecule has 0 unspecified atom stereocenters. The summed E-state index contributed by atoms with van der Waals surface area (Å²) in [5.74, 6) is 0. The van der Waals surface area contributed by atoms with E-state index in [0.29, 0.717) is 6.54 Å². The van der Waals surface area contributed by atoms with E-state index in [4.69, 9.17) is 5.73 Å².